The van der Waals surface area contributed by atoms with E-state index in [1.54, 1.807) is 18.2 Å². The lowest BCUT2D eigenvalue weighted by Gasteiger charge is -2.29. The number of hydrogen-bond acceptors (Lipinski definition) is 5. The van der Waals surface area contributed by atoms with Gasteiger partial charge < -0.3 is 14.4 Å². The molecular weight excluding hydrogens is 459 g/mol. The van der Waals surface area contributed by atoms with Gasteiger partial charge in [-0.05, 0) is 53.6 Å². The molecule has 7 heteroatoms. The molecule has 0 N–H and O–H groups in total. The van der Waals surface area contributed by atoms with Crippen molar-refractivity contribution in [2.24, 2.45) is 0 Å². The van der Waals surface area contributed by atoms with E-state index in [0.717, 1.165) is 28.1 Å². The van der Waals surface area contributed by atoms with Gasteiger partial charge in [-0.15, -0.1) is 0 Å². The molecule has 3 aromatic carbocycles. The monoisotopic (exact) mass is 480 g/mol. The highest BCUT2D eigenvalue weighted by Crippen LogP contribution is 2.42. The van der Waals surface area contributed by atoms with Crippen LogP contribution in [0.4, 0.5) is 5.69 Å². The maximum Gasteiger partial charge on any atom is 0.231 e. The van der Waals surface area contributed by atoms with Crippen LogP contribution in [-0.4, -0.2) is 31.5 Å². The number of nitrogens with zero attached hydrogens (tertiary/aromatic N) is 2. The third-order valence-corrected chi connectivity index (χ3v) is 6.52. The molecule has 0 atom stereocenters. The molecule has 0 aliphatic carbocycles. The normalized spacial score (nSPS) is 16.2. The largest absolute Gasteiger partial charge is 0.478 e. The molecule has 33 heavy (non-hydrogen) atoms. The second kappa shape index (κ2) is 8.75. The summed E-state index contributed by atoms with van der Waals surface area (Å²) in [6, 6.07) is 17.2. The van der Waals surface area contributed by atoms with Crippen molar-refractivity contribution in [3.63, 3.8) is 0 Å². The summed E-state index contributed by atoms with van der Waals surface area (Å²) >= 11 is 12.2. The summed E-state index contributed by atoms with van der Waals surface area (Å²) in [5.41, 5.74) is 4.46. The second-order valence-corrected chi connectivity index (χ2v) is 9.17. The van der Waals surface area contributed by atoms with Gasteiger partial charge in [-0.2, -0.15) is 0 Å². The summed E-state index contributed by atoms with van der Waals surface area (Å²) in [6.45, 7) is 1.66. The molecular formula is C26H22Cl2N2O3. The minimum absolute atomic E-state index is 0.119. The molecule has 0 bridgehead atoms. The lowest BCUT2D eigenvalue weighted by atomic mass is 10.0. The first kappa shape index (κ1) is 21.8. The Labute approximate surface area is 202 Å². The van der Waals surface area contributed by atoms with Crippen LogP contribution in [0.1, 0.15) is 27.0 Å². The van der Waals surface area contributed by atoms with Gasteiger partial charge in [0.25, 0.3) is 0 Å². The molecule has 2 aliphatic heterocycles. The highest BCUT2D eigenvalue weighted by molar-refractivity contribution is 6.42. The molecule has 5 nitrogen and oxygen atoms in total. The number of hydrogen-bond donors (Lipinski definition) is 0. The minimum atomic E-state index is -0.119. The van der Waals surface area contributed by atoms with Crippen LogP contribution in [0.15, 0.2) is 60.4 Å². The quantitative estimate of drug-likeness (QED) is 0.426. The number of benzene rings is 3. The fourth-order valence-electron chi connectivity index (χ4n) is 4.02. The third-order valence-electron chi connectivity index (χ3n) is 5.78. The van der Waals surface area contributed by atoms with Gasteiger partial charge in [0, 0.05) is 32.9 Å². The number of allylic oxidation sites excluding steroid dienone is 1. The average molecular weight is 481 g/mol. The first-order valence-electron chi connectivity index (χ1n) is 10.6. The van der Waals surface area contributed by atoms with E-state index in [4.69, 9.17) is 32.7 Å². The van der Waals surface area contributed by atoms with E-state index in [0.29, 0.717) is 46.9 Å². The molecule has 2 aliphatic rings. The molecule has 0 fully saturated rings. The highest BCUT2D eigenvalue weighted by atomic mass is 35.5. The molecule has 0 radical (unpaired) electrons. The molecule has 168 valence electrons. The van der Waals surface area contributed by atoms with Crippen molar-refractivity contribution >= 4 is 40.7 Å². The fraction of sp³-hybridized carbons (Fsp3) is 0.192. The van der Waals surface area contributed by atoms with E-state index in [9.17, 15) is 4.79 Å². The van der Waals surface area contributed by atoms with Gasteiger partial charge in [0.15, 0.2) is 5.76 Å². The van der Waals surface area contributed by atoms with E-state index < -0.39 is 0 Å². The Bertz CT molecular complexity index is 1270. The summed E-state index contributed by atoms with van der Waals surface area (Å²) < 4.78 is 12.1. The van der Waals surface area contributed by atoms with Crippen LogP contribution in [0.3, 0.4) is 0 Å². The molecule has 0 unspecified atom stereocenters. The molecule has 0 aromatic heterocycles. The zero-order valence-corrected chi connectivity index (χ0v) is 19.8. The molecule has 0 saturated heterocycles. The predicted molar refractivity (Wildman–Crippen MR) is 131 cm³/mol. The molecule has 3 aromatic rings. The van der Waals surface area contributed by atoms with Gasteiger partial charge in [0.2, 0.25) is 5.78 Å². The fourth-order valence-corrected chi connectivity index (χ4v) is 4.34. The van der Waals surface area contributed by atoms with Crippen LogP contribution in [0.25, 0.3) is 6.08 Å². The number of anilines is 1. The van der Waals surface area contributed by atoms with Gasteiger partial charge in [0.05, 0.1) is 21.2 Å². The summed E-state index contributed by atoms with van der Waals surface area (Å²) in [4.78, 5) is 17.2. The van der Waals surface area contributed by atoms with Gasteiger partial charge in [0.1, 0.15) is 18.2 Å². The summed E-state index contributed by atoms with van der Waals surface area (Å²) in [6.07, 6.45) is 1.78. The van der Waals surface area contributed by atoms with E-state index in [-0.39, 0.29) is 5.78 Å². The maximum atomic E-state index is 13.0. The Morgan fingerprint density at radius 2 is 1.82 bits per heavy atom. The minimum Gasteiger partial charge on any atom is -0.478 e. The van der Waals surface area contributed by atoms with E-state index >= 15 is 0 Å². The summed E-state index contributed by atoms with van der Waals surface area (Å²) in [7, 11) is 3.98. The Hall–Kier alpha value is -2.99. The van der Waals surface area contributed by atoms with Gasteiger partial charge >= 0.3 is 0 Å². The number of ketones is 1. The molecule has 5 rings (SSSR count). The summed E-state index contributed by atoms with van der Waals surface area (Å²) in [5, 5.41) is 1.05. The number of halogens is 2. The van der Waals surface area contributed by atoms with Crippen molar-refractivity contribution in [3.05, 3.63) is 92.7 Å². The lowest BCUT2D eigenvalue weighted by Crippen LogP contribution is -2.31. The van der Waals surface area contributed by atoms with Gasteiger partial charge in [-0.25, -0.2) is 0 Å². The van der Waals surface area contributed by atoms with Crippen molar-refractivity contribution in [1.29, 1.82) is 0 Å². The van der Waals surface area contributed by atoms with Crippen LogP contribution in [0.2, 0.25) is 10.0 Å². The van der Waals surface area contributed by atoms with Gasteiger partial charge in [-0.1, -0.05) is 41.4 Å². The summed E-state index contributed by atoms with van der Waals surface area (Å²) in [5.74, 6) is 1.51. The van der Waals surface area contributed by atoms with Crippen LogP contribution in [0.5, 0.6) is 11.5 Å². The zero-order chi connectivity index (χ0) is 23.1. The molecule has 2 heterocycles. The van der Waals surface area contributed by atoms with Crippen molar-refractivity contribution in [1.82, 2.24) is 4.90 Å². The van der Waals surface area contributed by atoms with Crippen molar-refractivity contribution in [2.75, 3.05) is 25.7 Å². The SMILES string of the molecule is CN(C)c1ccc(/C=C2\Oc3c(ccc4c3CN(Cc3ccc(Cl)c(Cl)c3)CO4)C2=O)cc1. The standard InChI is InChI=1S/C26H22Cl2N2O3/c1-29(2)18-6-3-16(4-7-18)12-24-25(31)19-8-10-23-20(26(19)33-24)14-30(15-32-23)13-17-5-9-21(27)22(28)11-17/h3-12H,13-15H2,1-2H3/b24-12-. The number of Topliss-reactive ketones (excluding diaryl/α,β-unsaturated/α-hetero) is 1. The molecule has 0 saturated carbocycles. The second-order valence-electron chi connectivity index (χ2n) is 8.35. The van der Waals surface area contributed by atoms with Gasteiger partial charge in [-0.3, -0.25) is 9.69 Å². The Balaban J connectivity index is 1.39. The Kier molecular flexibility index (Phi) is 5.79. The number of rotatable bonds is 4. The van der Waals surface area contributed by atoms with Crippen LogP contribution >= 0.6 is 23.2 Å². The van der Waals surface area contributed by atoms with E-state index in [2.05, 4.69) is 4.90 Å². The van der Waals surface area contributed by atoms with E-state index in [1.165, 1.54) is 0 Å². The first-order chi connectivity index (χ1) is 15.9. The van der Waals surface area contributed by atoms with Crippen LogP contribution < -0.4 is 14.4 Å². The third kappa shape index (κ3) is 4.32. The topological polar surface area (TPSA) is 42.0 Å². The van der Waals surface area contributed by atoms with E-state index in [1.807, 2.05) is 61.5 Å². The number of carbonyl (C=O) groups is 1. The smallest absolute Gasteiger partial charge is 0.231 e. The van der Waals surface area contributed by atoms with Crippen LogP contribution in [0, 0.1) is 0 Å². The van der Waals surface area contributed by atoms with Crippen molar-refractivity contribution in [2.45, 2.75) is 13.1 Å². The van der Waals surface area contributed by atoms with Crippen molar-refractivity contribution in [3.8, 4) is 11.5 Å². The average Bonchev–Trinajstić information content (AvgIpc) is 3.12. The Morgan fingerprint density at radius 3 is 2.55 bits per heavy atom. The predicted octanol–water partition coefficient (Wildman–Crippen LogP) is 6.03. The van der Waals surface area contributed by atoms with Crippen molar-refractivity contribution < 1.29 is 14.3 Å². The highest BCUT2D eigenvalue weighted by Gasteiger charge is 2.33. The first-order valence-corrected chi connectivity index (χ1v) is 11.3. The zero-order valence-electron chi connectivity index (χ0n) is 18.3. The molecule has 0 amide bonds. The maximum absolute atomic E-state index is 13.0. The van der Waals surface area contributed by atoms with Crippen LogP contribution in [-0.2, 0) is 13.1 Å². The lowest BCUT2D eigenvalue weighted by molar-refractivity contribution is 0.0873. The Morgan fingerprint density at radius 1 is 1.03 bits per heavy atom. The number of fused-ring (bicyclic) bond motifs is 3. The number of carbonyl (C=O) groups excluding carboxylic acids is 1. The molecule has 0 spiro atoms. The number of ether oxygens (including phenoxy) is 2.